The second-order valence-corrected chi connectivity index (χ2v) is 7.47. The van der Waals surface area contributed by atoms with Gasteiger partial charge in [0.1, 0.15) is 6.10 Å². The molecule has 1 unspecified atom stereocenters. The molecule has 0 radical (unpaired) electrons. The highest BCUT2D eigenvalue weighted by Crippen LogP contribution is 2.15. The molecule has 26 heavy (non-hydrogen) atoms. The van der Waals surface area contributed by atoms with Gasteiger partial charge in [-0.05, 0) is 25.7 Å². The fraction of sp³-hybridized carbons (Fsp3) is 0.909. The predicted molar refractivity (Wildman–Crippen MR) is 107 cm³/mol. The number of carbonyl (C=O) groups excluding carboxylic acids is 1. The van der Waals surface area contributed by atoms with Crippen molar-refractivity contribution in [3.05, 3.63) is 0 Å². The number of carbonyl (C=O) groups is 2. The summed E-state index contributed by atoms with van der Waals surface area (Å²) >= 11 is 0. The smallest absolute Gasteiger partial charge is 0.306 e. The zero-order valence-electron chi connectivity index (χ0n) is 17.3. The summed E-state index contributed by atoms with van der Waals surface area (Å²) in [4.78, 5) is 22.6. The van der Waals surface area contributed by atoms with Crippen LogP contribution in [0.15, 0.2) is 0 Å². The van der Waals surface area contributed by atoms with Gasteiger partial charge in [0, 0.05) is 12.8 Å². The summed E-state index contributed by atoms with van der Waals surface area (Å²) in [6.07, 6.45) is 17.2. The van der Waals surface area contributed by atoms with E-state index in [-0.39, 0.29) is 18.5 Å². The Morgan fingerprint density at radius 3 is 1.73 bits per heavy atom. The van der Waals surface area contributed by atoms with Gasteiger partial charge in [0.15, 0.2) is 0 Å². The molecule has 0 fully saturated rings. The van der Waals surface area contributed by atoms with Crippen molar-refractivity contribution in [3.8, 4) is 0 Å². The van der Waals surface area contributed by atoms with E-state index in [4.69, 9.17) is 9.84 Å². The van der Waals surface area contributed by atoms with Crippen LogP contribution in [0, 0.1) is 0 Å². The van der Waals surface area contributed by atoms with Gasteiger partial charge in [0.2, 0.25) is 0 Å². The molecule has 0 aromatic heterocycles. The van der Waals surface area contributed by atoms with Crippen molar-refractivity contribution in [1.29, 1.82) is 0 Å². The minimum atomic E-state index is -0.782. The highest BCUT2D eigenvalue weighted by atomic mass is 16.5. The first-order chi connectivity index (χ1) is 12.6. The minimum Gasteiger partial charge on any atom is -0.481 e. The van der Waals surface area contributed by atoms with Crippen LogP contribution in [0.4, 0.5) is 0 Å². The van der Waals surface area contributed by atoms with E-state index in [0.717, 1.165) is 32.1 Å². The van der Waals surface area contributed by atoms with Crippen LogP contribution in [0.2, 0.25) is 0 Å². The predicted octanol–water partition coefficient (Wildman–Crippen LogP) is 6.65. The molecule has 1 atom stereocenters. The number of hydrogen-bond acceptors (Lipinski definition) is 3. The second kappa shape index (κ2) is 18.7. The highest BCUT2D eigenvalue weighted by Gasteiger charge is 2.14. The van der Waals surface area contributed by atoms with E-state index in [2.05, 4.69) is 13.8 Å². The second-order valence-electron chi connectivity index (χ2n) is 7.47. The van der Waals surface area contributed by atoms with Gasteiger partial charge < -0.3 is 9.84 Å². The zero-order chi connectivity index (χ0) is 19.5. The van der Waals surface area contributed by atoms with Crippen molar-refractivity contribution in [1.82, 2.24) is 0 Å². The lowest BCUT2D eigenvalue weighted by Gasteiger charge is -2.17. The Balaban J connectivity index is 3.69. The molecule has 0 saturated carbocycles. The Morgan fingerprint density at radius 2 is 1.19 bits per heavy atom. The maximum atomic E-state index is 12.0. The summed E-state index contributed by atoms with van der Waals surface area (Å²) < 4.78 is 5.59. The van der Waals surface area contributed by atoms with Crippen molar-refractivity contribution in [2.75, 3.05) is 0 Å². The lowest BCUT2D eigenvalue weighted by molar-refractivity contribution is -0.150. The summed E-state index contributed by atoms with van der Waals surface area (Å²) in [6, 6.07) is 0. The summed E-state index contributed by atoms with van der Waals surface area (Å²) in [6.45, 7) is 4.35. The van der Waals surface area contributed by atoms with Crippen molar-refractivity contribution in [3.63, 3.8) is 0 Å². The first-order valence-electron chi connectivity index (χ1n) is 11.0. The van der Waals surface area contributed by atoms with Crippen LogP contribution in [0.5, 0.6) is 0 Å². The topological polar surface area (TPSA) is 63.6 Å². The van der Waals surface area contributed by atoms with Crippen LogP contribution >= 0.6 is 0 Å². The average molecular weight is 371 g/mol. The molecule has 0 aliphatic rings. The van der Waals surface area contributed by atoms with Crippen LogP contribution in [-0.4, -0.2) is 23.1 Å². The van der Waals surface area contributed by atoms with Crippen molar-refractivity contribution in [2.45, 2.75) is 129 Å². The van der Waals surface area contributed by atoms with Crippen molar-refractivity contribution < 1.29 is 19.4 Å². The lowest BCUT2D eigenvalue weighted by atomic mass is 10.1. The Kier molecular flexibility index (Phi) is 18.0. The summed E-state index contributed by atoms with van der Waals surface area (Å²) in [5.74, 6) is -0.892. The van der Waals surface area contributed by atoms with E-state index >= 15 is 0 Å². The normalized spacial score (nSPS) is 12.1. The van der Waals surface area contributed by atoms with E-state index in [1.54, 1.807) is 0 Å². The molecule has 0 aromatic carbocycles. The SMILES string of the molecule is CCCCCCCCCCCCC(=O)OC(CCCC)CCCC(=O)O. The average Bonchev–Trinajstić information content (AvgIpc) is 2.60. The van der Waals surface area contributed by atoms with Crippen LogP contribution < -0.4 is 0 Å². The number of carboxylic acid groups (broad SMARTS) is 1. The van der Waals surface area contributed by atoms with E-state index in [1.165, 1.54) is 51.4 Å². The number of aliphatic carboxylic acids is 1. The number of unbranched alkanes of at least 4 members (excludes halogenated alkanes) is 10. The number of carboxylic acids is 1. The van der Waals surface area contributed by atoms with Gasteiger partial charge in [0.25, 0.3) is 0 Å². The molecule has 4 nitrogen and oxygen atoms in total. The summed E-state index contributed by atoms with van der Waals surface area (Å²) in [7, 11) is 0. The van der Waals surface area contributed by atoms with Gasteiger partial charge in [-0.25, -0.2) is 0 Å². The third kappa shape index (κ3) is 17.8. The van der Waals surface area contributed by atoms with Gasteiger partial charge in [0.05, 0.1) is 0 Å². The fourth-order valence-corrected chi connectivity index (χ4v) is 3.18. The third-order valence-corrected chi connectivity index (χ3v) is 4.83. The molecular weight excluding hydrogens is 328 g/mol. The first-order valence-corrected chi connectivity index (χ1v) is 11.0. The Labute approximate surface area is 161 Å². The van der Waals surface area contributed by atoms with Crippen molar-refractivity contribution in [2.24, 2.45) is 0 Å². The van der Waals surface area contributed by atoms with Crippen LogP contribution in [0.1, 0.15) is 123 Å². The maximum absolute atomic E-state index is 12.0. The molecule has 0 spiro atoms. The molecule has 1 N–H and O–H groups in total. The largest absolute Gasteiger partial charge is 0.481 e. The van der Waals surface area contributed by atoms with Gasteiger partial charge in [-0.15, -0.1) is 0 Å². The Bertz CT molecular complexity index is 341. The molecule has 0 bridgehead atoms. The summed E-state index contributed by atoms with van der Waals surface area (Å²) in [5.41, 5.74) is 0. The Morgan fingerprint density at radius 1 is 0.692 bits per heavy atom. The number of hydrogen-bond donors (Lipinski definition) is 1. The van der Waals surface area contributed by atoms with Crippen LogP contribution in [0.25, 0.3) is 0 Å². The van der Waals surface area contributed by atoms with Crippen molar-refractivity contribution >= 4 is 11.9 Å². The lowest BCUT2D eigenvalue weighted by Crippen LogP contribution is -2.18. The van der Waals surface area contributed by atoms with Gasteiger partial charge in [-0.3, -0.25) is 9.59 Å². The monoisotopic (exact) mass is 370 g/mol. The first kappa shape index (κ1) is 24.9. The van der Waals surface area contributed by atoms with E-state index in [1.807, 2.05) is 0 Å². The quantitative estimate of drug-likeness (QED) is 0.204. The molecule has 0 rings (SSSR count). The molecule has 0 aliphatic heterocycles. The fourth-order valence-electron chi connectivity index (χ4n) is 3.18. The van der Waals surface area contributed by atoms with E-state index < -0.39 is 5.97 Å². The summed E-state index contributed by atoms with van der Waals surface area (Å²) in [5, 5.41) is 8.74. The molecule has 0 aliphatic carbocycles. The molecule has 0 saturated heterocycles. The maximum Gasteiger partial charge on any atom is 0.306 e. The minimum absolute atomic E-state index is 0.107. The Hall–Kier alpha value is -1.06. The standard InChI is InChI=1S/C22H42O4/c1-3-5-7-8-9-10-11-12-13-14-19-22(25)26-20(16-6-4-2)17-15-18-21(23)24/h20H,3-19H2,1-2H3,(H,23,24). The zero-order valence-corrected chi connectivity index (χ0v) is 17.3. The molecule has 0 heterocycles. The van der Waals surface area contributed by atoms with E-state index in [9.17, 15) is 9.59 Å². The third-order valence-electron chi connectivity index (χ3n) is 4.83. The number of ether oxygens (including phenoxy) is 1. The molecule has 154 valence electrons. The molecule has 0 amide bonds. The molecule has 4 heteroatoms. The number of esters is 1. The van der Waals surface area contributed by atoms with Crippen LogP contribution in [0.3, 0.4) is 0 Å². The highest BCUT2D eigenvalue weighted by molar-refractivity contribution is 5.69. The van der Waals surface area contributed by atoms with Gasteiger partial charge in [-0.2, -0.15) is 0 Å². The van der Waals surface area contributed by atoms with Crippen LogP contribution in [-0.2, 0) is 14.3 Å². The molecular formula is C22H42O4. The van der Waals surface area contributed by atoms with Gasteiger partial charge in [-0.1, -0.05) is 84.5 Å². The van der Waals surface area contributed by atoms with E-state index in [0.29, 0.717) is 19.3 Å². The molecule has 0 aromatic rings. The number of rotatable bonds is 19. The van der Waals surface area contributed by atoms with Gasteiger partial charge >= 0.3 is 11.9 Å².